The Bertz CT molecular complexity index is 1000. The lowest BCUT2D eigenvalue weighted by Gasteiger charge is -2.14. The molecule has 0 rings (SSSR count). The number of unbranched alkanes of at least 4 members (excludes halogenated alkanes) is 42. The highest BCUT2D eigenvalue weighted by Gasteiger charge is 2.38. The van der Waals surface area contributed by atoms with Crippen molar-refractivity contribution in [1.82, 2.24) is 0 Å². The Hall–Kier alpha value is -1.44. The van der Waals surface area contributed by atoms with Gasteiger partial charge in [-0.25, -0.2) is 14.2 Å². The van der Waals surface area contributed by atoms with E-state index in [-0.39, 0.29) is 19.3 Å². The molecule has 10 heteroatoms. The van der Waals surface area contributed by atoms with Gasteiger partial charge in [-0.1, -0.05) is 300 Å². The molecule has 0 aliphatic rings. The lowest BCUT2D eigenvalue weighted by molar-refractivity contribution is -0.262. The molecule has 0 saturated carbocycles. The Morgan fingerprint density at radius 2 is 0.438 bits per heavy atom. The maximum atomic E-state index is 13.4. The van der Waals surface area contributed by atoms with Crippen molar-refractivity contribution in [1.29, 1.82) is 0 Å². The van der Waals surface area contributed by atoms with E-state index in [1.807, 2.05) is 0 Å². The summed E-state index contributed by atoms with van der Waals surface area (Å²) in [6.07, 6.45) is 54.5. The van der Waals surface area contributed by atoms with Crippen LogP contribution in [0.15, 0.2) is 0 Å². The largest absolute Gasteiger partial charge is 0.606 e. The van der Waals surface area contributed by atoms with Crippen LogP contribution in [0.3, 0.4) is 0 Å². The second-order valence-electron chi connectivity index (χ2n) is 19.1. The van der Waals surface area contributed by atoms with Gasteiger partial charge in [0, 0.05) is 19.3 Å². The first-order valence-electron chi connectivity index (χ1n) is 28.0. The first kappa shape index (κ1) is 62.6. The maximum absolute atomic E-state index is 13.4. The van der Waals surface area contributed by atoms with E-state index in [0.29, 0.717) is 19.3 Å². The fourth-order valence-corrected chi connectivity index (χ4v) is 9.17. The fraction of sp³-hybridized carbons (Fsp3) is 0.944. The van der Waals surface area contributed by atoms with E-state index in [1.165, 1.54) is 212 Å². The third-order valence-electron chi connectivity index (χ3n) is 12.6. The van der Waals surface area contributed by atoms with Crippen LogP contribution in [0.5, 0.6) is 0 Å². The third-order valence-corrected chi connectivity index (χ3v) is 13.6. The molecule has 0 unspecified atom stereocenters. The quantitative estimate of drug-likeness (QED) is 0.0254. The lowest BCUT2D eigenvalue weighted by Crippen LogP contribution is -2.13. The molecule has 0 aromatic heterocycles. The summed E-state index contributed by atoms with van der Waals surface area (Å²) < 4.78 is 28.0. The van der Waals surface area contributed by atoms with E-state index >= 15 is 0 Å². The van der Waals surface area contributed by atoms with Crippen LogP contribution in [0.25, 0.3) is 0 Å². The minimum atomic E-state index is -4.86. The van der Waals surface area contributed by atoms with Gasteiger partial charge in [-0.15, -0.1) is 0 Å². The molecule has 0 radical (unpaired) electrons. The van der Waals surface area contributed by atoms with E-state index < -0.39 is 25.7 Å². The fourth-order valence-electron chi connectivity index (χ4n) is 8.39. The first-order chi connectivity index (χ1) is 31.4. The van der Waals surface area contributed by atoms with E-state index in [2.05, 4.69) is 20.8 Å². The Kier molecular flexibility index (Phi) is 49.8. The van der Waals surface area contributed by atoms with Gasteiger partial charge >= 0.3 is 25.7 Å². The standard InChI is InChI=1S/C54H105O9P/c1-4-7-10-13-16-19-22-25-28-31-34-37-40-43-46-49-52(55)59-62-64(58,61-54(57)51-48-45-42-39-36-33-30-27-24-21-18-15-12-9-6-3)63-60-53(56)50-47-44-41-38-35-32-29-26-23-20-17-14-11-8-5-2/h4-51H2,1-3H3. The molecule has 380 valence electrons. The van der Waals surface area contributed by atoms with Gasteiger partial charge in [-0.3, -0.25) is 14.6 Å². The third kappa shape index (κ3) is 48.5. The minimum Gasteiger partial charge on any atom is -0.367 e. The van der Waals surface area contributed by atoms with Crippen LogP contribution in [-0.4, -0.2) is 17.9 Å². The van der Waals surface area contributed by atoms with Gasteiger partial charge in [0.15, 0.2) is 0 Å². The summed E-state index contributed by atoms with van der Waals surface area (Å²) >= 11 is 0. The molecule has 0 fully saturated rings. The second kappa shape index (κ2) is 51.0. The van der Waals surface area contributed by atoms with E-state index in [1.54, 1.807) is 0 Å². The molecule has 0 saturated heterocycles. The zero-order valence-corrected chi connectivity index (χ0v) is 43.5. The highest BCUT2D eigenvalue weighted by molar-refractivity contribution is 7.48. The van der Waals surface area contributed by atoms with Crippen molar-refractivity contribution in [3.8, 4) is 0 Å². The molecule has 0 spiro atoms. The van der Waals surface area contributed by atoms with Crippen molar-refractivity contribution in [2.24, 2.45) is 0 Å². The topological polar surface area (TPSA) is 114 Å². The zero-order valence-electron chi connectivity index (χ0n) is 42.6. The van der Waals surface area contributed by atoms with Crippen molar-refractivity contribution >= 4 is 25.7 Å². The highest BCUT2D eigenvalue weighted by atomic mass is 31.2. The maximum Gasteiger partial charge on any atom is 0.606 e. The van der Waals surface area contributed by atoms with Gasteiger partial charge < -0.3 is 4.52 Å². The summed E-state index contributed by atoms with van der Waals surface area (Å²) in [5.41, 5.74) is 0. The van der Waals surface area contributed by atoms with Gasteiger partial charge in [0.05, 0.1) is 0 Å². The molecule has 0 N–H and O–H groups in total. The average molecular weight is 929 g/mol. The molecule has 0 aromatic carbocycles. The summed E-state index contributed by atoms with van der Waals surface area (Å²) in [5.74, 6) is -2.32. The Morgan fingerprint density at radius 3 is 0.641 bits per heavy atom. The number of phosphoric acid groups is 1. The predicted octanol–water partition coefficient (Wildman–Crippen LogP) is 19.4. The van der Waals surface area contributed by atoms with Crippen LogP contribution in [0, 0.1) is 0 Å². The van der Waals surface area contributed by atoms with Gasteiger partial charge in [0.1, 0.15) is 0 Å². The first-order valence-corrected chi connectivity index (χ1v) is 29.4. The molecular formula is C54H105O9P. The van der Waals surface area contributed by atoms with Crippen LogP contribution in [-0.2, 0) is 42.6 Å². The van der Waals surface area contributed by atoms with Crippen LogP contribution in [0.2, 0.25) is 0 Å². The number of rotatable bonds is 53. The summed E-state index contributed by atoms with van der Waals surface area (Å²) in [6.45, 7) is 6.77. The van der Waals surface area contributed by atoms with E-state index in [9.17, 15) is 18.9 Å². The minimum absolute atomic E-state index is 0.00485. The zero-order chi connectivity index (χ0) is 46.7. The van der Waals surface area contributed by atoms with Gasteiger partial charge in [0.25, 0.3) is 0 Å². The van der Waals surface area contributed by atoms with Gasteiger partial charge in [-0.2, -0.15) is 0 Å². The van der Waals surface area contributed by atoms with Crippen molar-refractivity contribution in [3.05, 3.63) is 0 Å². The highest BCUT2D eigenvalue weighted by Crippen LogP contribution is 2.50. The average Bonchev–Trinajstić information content (AvgIpc) is 3.29. The van der Waals surface area contributed by atoms with Crippen LogP contribution < -0.4 is 0 Å². The van der Waals surface area contributed by atoms with E-state index in [4.69, 9.17) is 23.6 Å². The van der Waals surface area contributed by atoms with E-state index in [0.717, 1.165) is 57.8 Å². The summed E-state index contributed by atoms with van der Waals surface area (Å²) in [4.78, 5) is 47.2. The molecule has 64 heavy (non-hydrogen) atoms. The molecule has 0 atom stereocenters. The monoisotopic (exact) mass is 929 g/mol. The summed E-state index contributed by atoms with van der Waals surface area (Å²) in [7, 11) is -4.86. The van der Waals surface area contributed by atoms with Crippen molar-refractivity contribution < 1.29 is 42.6 Å². The molecule has 0 bridgehead atoms. The normalized spacial score (nSPS) is 11.6. The van der Waals surface area contributed by atoms with Crippen LogP contribution in [0.4, 0.5) is 0 Å². The predicted molar refractivity (Wildman–Crippen MR) is 267 cm³/mol. The molecule has 0 heterocycles. The molecule has 9 nitrogen and oxygen atoms in total. The van der Waals surface area contributed by atoms with Crippen molar-refractivity contribution in [3.63, 3.8) is 0 Å². The second-order valence-corrected chi connectivity index (χ2v) is 20.4. The smallest absolute Gasteiger partial charge is 0.367 e. The van der Waals surface area contributed by atoms with Gasteiger partial charge in [0.2, 0.25) is 0 Å². The lowest BCUT2D eigenvalue weighted by atomic mass is 10.0. The Labute approximate surface area is 396 Å². The molecule has 0 amide bonds. The molecule has 0 aliphatic heterocycles. The Morgan fingerprint density at radius 1 is 0.266 bits per heavy atom. The number of carbonyl (C=O) groups excluding carboxylic acids is 3. The molecule has 0 aliphatic carbocycles. The summed E-state index contributed by atoms with van der Waals surface area (Å²) in [5, 5.41) is 0. The molecule has 0 aromatic rings. The van der Waals surface area contributed by atoms with Crippen molar-refractivity contribution in [2.75, 3.05) is 0 Å². The van der Waals surface area contributed by atoms with Crippen LogP contribution >= 0.6 is 7.82 Å². The van der Waals surface area contributed by atoms with Crippen molar-refractivity contribution in [2.45, 2.75) is 329 Å². The SMILES string of the molecule is CCCCCCCCCCCCCCCCCC(=O)OOP(=O)(OOC(=O)CCCCCCCCCCCCCCCCC)OC(=O)CCCCCCCCCCCCCCCCC. The van der Waals surface area contributed by atoms with Crippen LogP contribution in [0.1, 0.15) is 329 Å². The Balaban J connectivity index is 4.43. The van der Waals surface area contributed by atoms with Gasteiger partial charge in [-0.05, 0) is 19.3 Å². The number of hydrogen-bond acceptors (Lipinski definition) is 9. The number of hydrogen-bond donors (Lipinski definition) is 0. The molecular weight excluding hydrogens is 824 g/mol. The number of carbonyl (C=O) groups is 3. The summed E-state index contributed by atoms with van der Waals surface area (Å²) in [6, 6.07) is 0.